The molecule has 1 amide bonds. The van der Waals surface area contributed by atoms with Crippen molar-refractivity contribution in [3.63, 3.8) is 0 Å². The molecule has 0 unspecified atom stereocenters. The van der Waals surface area contributed by atoms with Crippen molar-refractivity contribution in [2.45, 2.75) is 39.7 Å². The highest BCUT2D eigenvalue weighted by atomic mass is 35.5. The van der Waals surface area contributed by atoms with Crippen molar-refractivity contribution in [3.8, 4) is 0 Å². The lowest BCUT2D eigenvalue weighted by Gasteiger charge is -2.20. The summed E-state index contributed by atoms with van der Waals surface area (Å²) in [6, 6.07) is 6.33. The first-order valence-electron chi connectivity index (χ1n) is 5.34. The summed E-state index contributed by atoms with van der Waals surface area (Å²) in [6.45, 7) is 9.02. The van der Waals surface area contributed by atoms with E-state index in [0.29, 0.717) is 6.54 Å². The summed E-state index contributed by atoms with van der Waals surface area (Å²) in [5, 5.41) is 2.09. The third-order valence-corrected chi connectivity index (χ3v) is 2.77. The maximum Gasteiger partial charge on any atom is 0.314 e. The molecular formula is C13H18ClNO. The molecule has 3 heteroatoms. The number of halogens is 1. The minimum atomic E-state index is -0.513. The zero-order valence-electron chi connectivity index (χ0n) is 10.2. The average Bonchev–Trinajstić information content (AvgIpc) is 2.14. The van der Waals surface area contributed by atoms with Crippen LogP contribution in [0.4, 0.5) is 4.79 Å². The SMILES string of the molecule is Cc1ccc(C(C)(C)C)cc1CNC(=O)Cl. The minimum Gasteiger partial charge on any atom is -0.339 e. The van der Waals surface area contributed by atoms with Crippen LogP contribution in [0, 0.1) is 6.92 Å². The Kier molecular flexibility index (Phi) is 3.98. The molecule has 1 aromatic carbocycles. The van der Waals surface area contributed by atoms with Crippen LogP contribution in [-0.2, 0) is 12.0 Å². The maximum absolute atomic E-state index is 10.7. The number of rotatable bonds is 2. The van der Waals surface area contributed by atoms with E-state index in [1.165, 1.54) is 11.1 Å². The Labute approximate surface area is 102 Å². The third-order valence-electron chi connectivity index (χ3n) is 2.63. The lowest BCUT2D eigenvalue weighted by atomic mass is 9.85. The van der Waals surface area contributed by atoms with Gasteiger partial charge in [-0.15, -0.1) is 0 Å². The molecule has 1 rings (SSSR count). The van der Waals surface area contributed by atoms with E-state index in [1.807, 2.05) is 6.92 Å². The van der Waals surface area contributed by atoms with Crippen LogP contribution in [0.25, 0.3) is 0 Å². The summed E-state index contributed by atoms with van der Waals surface area (Å²) in [6.07, 6.45) is 0. The second kappa shape index (κ2) is 4.88. The third kappa shape index (κ3) is 3.53. The highest BCUT2D eigenvalue weighted by molar-refractivity contribution is 6.62. The van der Waals surface area contributed by atoms with Crippen molar-refractivity contribution >= 4 is 17.0 Å². The molecule has 0 saturated carbocycles. The van der Waals surface area contributed by atoms with Crippen molar-refractivity contribution in [2.24, 2.45) is 0 Å². The van der Waals surface area contributed by atoms with Crippen LogP contribution in [0.3, 0.4) is 0 Å². The fourth-order valence-electron chi connectivity index (χ4n) is 1.49. The lowest BCUT2D eigenvalue weighted by molar-refractivity contribution is 0.259. The number of carbonyl (C=O) groups is 1. The molecule has 88 valence electrons. The van der Waals surface area contributed by atoms with Gasteiger partial charge < -0.3 is 5.32 Å². The van der Waals surface area contributed by atoms with Crippen LogP contribution in [0.1, 0.15) is 37.5 Å². The standard InChI is InChI=1S/C13H18ClNO/c1-9-5-6-11(13(2,3)4)7-10(9)8-15-12(14)16/h5-7H,8H2,1-4H3,(H,15,16). The molecule has 0 atom stereocenters. The number of hydrogen-bond acceptors (Lipinski definition) is 1. The molecule has 0 aliphatic heterocycles. The molecule has 0 spiro atoms. The van der Waals surface area contributed by atoms with E-state index in [0.717, 1.165) is 5.56 Å². The largest absolute Gasteiger partial charge is 0.339 e. The molecule has 1 N–H and O–H groups in total. The summed E-state index contributed by atoms with van der Waals surface area (Å²) in [7, 11) is 0. The van der Waals surface area contributed by atoms with Crippen LogP contribution in [-0.4, -0.2) is 5.37 Å². The molecule has 0 aliphatic carbocycles. The van der Waals surface area contributed by atoms with Gasteiger partial charge in [-0.3, -0.25) is 4.79 Å². The van der Waals surface area contributed by atoms with Crippen LogP contribution in [0.15, 0.2) is 18.2 Å². The Balaban J connectivity index is 2.95. The monoisotopic (exact) mass is 239 g/mol. The Morgan fingerprint density at radius 2 is 2.00 bits per heavy atom. The minimum absolute atomic E-state index is 0.118. The molecule has 0 radical (unpaired) electrons. The molecule has 2 nitrogen and oxygen atoms in total. The predicted octanol–water partition coefficient (Wildman–Crippen LogP) is 3.74. The van der Waals surface area contributed by atoms with Crippen LogP contribution < -0.4 is 5.32 Å². The Morgan fingerprint density at radius 1 is 1.38 bits per heavy atom. The number of hydrogen-bond donors (Lipinski definition) is 1. The van der Waals surface area contributed by atoms with Gasteiger partial charge in [0.2, 0.25) is 0 Å². The number of benzene rings is 1. The highest BCUT2D eigenvalue weighted by Gasteiger charge is 2.14. The van der Waals surface area contributed by atoms with Crippen molar-refractivity contribution in [3.05, 3.63) is 34.9 Å². The number of carbonyl (C=O) groups excluding carboxylic acids is 1. The first-order valence-corrected chi connectivity index (χ1v) is 5.72. The van der Waals surface area contributed by atoms with Gasteiger partial charge in [-0.05, 0) is 40.6 Å². The first kappa shape index (κ1) is 13.0. The number of amides is 1. The van der Waals surface area contributed by atoms with Crippen molar-refractivity contribution < 1.29 is 4.79 Å². The zero-order valence-corrected chi connectivity index (χ0v) is 11.0. The van der Waals surface area contributed by atoms with E-state index in [1.54, 1.807) is 0 Å². The number of aryl methyl sites for hydroxylation is 1. The van der Waals surface area contributed by atoms with Crippen molar-refractivity contribution in [1.29, 1.82) is 0 Å². The molecule has 0 aliphatic rings. The molecule has 1 aromatic rings. The van der Waals surface area contributed by atoms with E-state index in [4.69, 9.17) is 11.6 Å². The normalized spacial score (nSPS) is 11.3. The average molecular weight is 240 g/mol. The second-order valence-corrected chi connectivity index (χ2v) is 5.36. The highest BCUT2D eigenvalue weighted by Crippen LogP contribution is 2.24. The quantitative estimate of drug-likeness (QED) is 0.618. The van der Waals surface area contributed by atoms with E-state index < -0.39 is 5.37 Å². The Bertz CT molecular complexity index is 393. The summed E-state index contributed by atoms with van der Waals surface area (Å²) >= 11 is 5.26. The van der Waals surface area contributed by atoms with E-state index in [9.17, 15) is 4.79 Å². The Hall–Kier alpha value is -1.02. The first-order chi connectivity index (χ1) is 7.30. The van der Waals surface area contributed by atoms with Gasteiger partial charge in [0.1, 0.15) is 0 Å². The van der Waals surface area contributed by atoms with Gasteiger partial charge >= 0.3 is 5.37 Å². The van der Waals surface area contributed by atoms with E-state index in [-0.39, 0.29) is 5.41 Å². The van der Waals surface area contributed by atoms with Gasteiger partial charge in [0, 0.05) is 6.54 Å². The van der Waals surface area contributed by atoms with Crippen molar-refractivity contribution in [2.75, 3.05) is 0 Å². The van der Waals surface area contributed by atoms with Crippen LogP contribution in [0.2, 0.25) is 0 Å². The van der Waals surface area contributed by atoms with Crippen LogP contribution in [0.5, 0.6) is 0 Å². The predicted molar refractivity (Wildman–Crippen MR) is 68.0 cm³/mol. The van der Waals surface area contributed by atoms with E-state index in [2.05, 4.69) is 44.3 Å². The summed E-state index contributed by atoms with van der Waals surface area (Å²) in [4.78, 5) is 10.7. The molecule has 16 heavy (non-hydrogen) atoms. The maximum atomic E-state index is 10.7. The van der Waals surface area contributed by atoms with Gasteiger partial charge in [-0.25, -0.2) is 0 Å². The number of nitrogens with one attached hydrogen (secondary N) is 1. The van der Waals surface area contributed by atoms with Gasteiger partial charge in [-0.2, -0.15) is 0 Å². The van der Waals surface area contributed by atoms with Gasteiger partial charge in [-0.1, -0.05) is 39.0 Å². The molecule has 0 heterocycles. The van der Waals surface area contributed by atoms with Crippen LogP contribution >= 0.6 is 11.6 Å². The summed E-state index contributed by atoms with van der Waals surface area (Å²) in [5.74, 6) is 0. The van der Waals surface area contributed by atoms with Gasteiger partial charge in [0.15, 0.2) is 0 Å². The van der Waals surface area contributed by atoms with Gasteiger partial charge in [0.05, 0.1) is 0 Å². The summed E-state index contributed by atoms with van der Waals surface area (Å²) < 4.78 is 0. The molecular weight excluding hydrogens is 222 g/mol. The smallest absolute Gasteiger partial charge is 0.314 e. The zero-order chi connectivity index (χ0) is 12.3. The van der Waals surface area contributed by atoms with Crippen molar-refractivity contribution in [1.82, 2.24) is 5.32 Å². The Morgan fingerprint density at radius 3 is 2.50 bits per heavy atom. The van der Waals surface area contributed by atoms with E-state index >= 15 is 0 Å². The fraction of sp³-hybridized carbons (Fsp3) is 0.462. The molecule has 0 fully saturated rings. The molecule has 0 bridgehead atoms. The topological polar surface area (TPSA) is 29.1 Å². The van der Waals surface area contributed by atoms with Gasteiger partial charge in [0.25, 0.3) is 0 Å². The lowest BCUT2D eigenvalue weighted by Crippen LogP contribution is -2.18. The molecule has 0 aromatic heterocycles. The molecule has 0 saturated heterocycles. The second-order valence-electron chi connectivity index (χ2n) is 5.02. The fourth-order valence-corrected chi connectivity index (χ4v) is 1.56. The summed E-state index contributed by atoms with van der Waals surface area (Å²) in [5.41, 5.74) is 3.66.